The molecule has 0 bridgehead atoms. The average molecular weight is 242 g/mol. The van der Waals surface area contributed by atoms with Gasteiger partial charge < -0.3 is 10.0 Å². The number of nitrogens with zero attached hydrogens (tertiary/aromatic N) is 2. The van der Waals surface area contributed by atoms with Gasteiger partial charge in [0.2, 0.25) is 5.01 Å². The SMILES string of the molecule is CCC(C)CN(C)Cc1csc(C(=O)O)n1. The molecule has 0 aliphatic carbocycles. The number of aromatic nitrogens is 1. The highest BCUT2D eigenvalue weighted by atomic mass is 32.1. The van der Waals surface area contributed by atoms with Gasteiger partial charge in [-0.15, -0.1) is 11.3 Å². The van der Waals surface area contributed by atoms with Gasteiger partial charge in [-0.3, -0.25) is 0 Å². The molecule has 16 heavy (non-hydrogen) atoms. The maximum atomic E-state index is 10.7. The zero-order valence-corrected chi connectivity index (χ0v) is 10.8. The number of thiazole rings is 1. The van der Waals surface area contributed by atoms with Crippen molar-refractivity contribution >= 4 is 17.3 Å². The Hall–Kier alpha value is -0.940. The van der Waals surface area contributed by atoms with E-state index in [1.165, 1.54) is 11.3 Å². The summed E-state index contributed by atoms with van der Waals surface area (Å²) in [5.74, 6) is -0.289. The third-order valence-corrected chi connectivity index (χ3v) is 3.37. The van der Waals surface area contributed by atoms with E-state index in [2.05, 4.69) is 23.7 Å². The summed E-state index contributed by atoms with van der Waals surface area (Å²) in [7, 11) is 2.03. The normalized spacial score (nSPS) is 13.0. The lowest BCUT2D eigenvalue weighted by Gasteiger charge is -2.19. The van der Waals surface area contributed by atoms with Crippen molar-refractivity contribution in [2.24, 2.45) is 5.92 Å². The Bertz CT molecular complexity index is 352. The molecule has 0 aliphatic heterocycles. The van der Waals surface area contributed by atoms with Gasteiger partial charge in [-0.25, -0.2) is 9.78 Å². The van der Waals surface area contributed by atoms with E-state index in [1.54, 1.807) is 0 Å². The van der Waals surface area contributed by atoms with Gasteiger partial charge in [-0.2, -0.15) is 0 Å². The smallest absolute Gasteiger partial charge is 0.365 e. The van der Waals surface area contributed by atoms with Crippen molar-refractivity contribution in [1.82, 2.24) is 9.88 Å². The minimum absolute atomic E-state index is 0.173. The third kappa shape index (κ3) is 3.90. The van der Waals surface area contributed by atoms with Gasteiger partial charge in [0.25, 0.3) is 0 Å². The molecule has 1 N–H and O–H groups in total. The van der Waals surface area contributed by atoms with E-state index < -0.39 is 5.97 Å². The molecule has 0 amide bonds. The van der Waals surface area contributed by atoms with E-state index in [9.17, 15) is 4.79 Å². The van der Waals surface area contributed by atoms with Crippen LogP contribution in [0.4, 0.5) is 0 Å². The molecule has 4 nitrogen and oxygen atoms in total. The van der Waals surface area contributed by atoms with Crippen molar-refractivity contribution in [3.05, 3.63) is 16.1 Å². The molecular weight excluding hydrogens is 224 g/mol. The summed E-state index contributed by atoms with van der Waals surface area (Å²) in [6.07, 6.45) is 1.15. The highest BCUT2D eigenvalue weighted by molar-refractivity contribution is 7.11. The second-order valence-corrected chi connectivity index (χ2v) is 5.02. The first-order valence-electron chi connectivity index (χ1n) is 5.39. The first-order valence-corrected chi connectivity index (χ1v) is 6.27. The number of carboxylic acid groups (broad SMARTS) is 1. The predicted octanol–water partition coefficient (Wildman–Crippen LogP) is 2.32. The molecule has 0 fully saturated rings. The summed E-state index contributed by atoms with van der Waals surface area (Å²) in [4.78, 5) is 16.9. The van der Waals surface area contributed by atoms with Crippen molar-refractivity contribution in [2.45, 2.75) is 26.8 Å². The molecule has 0 saturated carbocycles. The average Bonchev–Trinajstić information content (AvgIpc) is 2.65. The lowest BCUT2D eigenvalue weighted by molar-refractivity contribution is 0.0696. The second-order valence-electron chi connectivity index (χ2n) is 4.16. The minimum atomic E-state index is -0.944. The Morgan fingerprint density at radius 1 is 1.69 bits per heavy atom. The summed E-state index contributed by atoms with van der Waals surface area (Å²) in [6.45, 7) is 6.11. The van der Waals surface area contributed by atoms with Crippen LogP contribution in [-0.2, 0) is 6.54 Å². The molecule has 1 rings (SSSR count). The van der Waals surface area contributed by atoms with Crippen LogP contribution in [-0.4, -0.2) is 34.6 Å². The topological polar surface area (TPSA) is 53.4 Å². The standard InChI is InChI=1S/C11H18N2O2S/c1-4-8(2)5-13(3)6-9-7-16-10(12-9)11(14)15/h7-8H,4-6H2,1-3H3,(H,14,15). The lowest BCUT2D eigenvalue weighted by atomic mass is 10.1. The van der Waals surface area contributed by atoms with Crippen molar-refractivity contribution in [3.63, 3.8) is 0 Å². The Morgan fingerprint density at radius 3 is 2.88 bits per heavy atom. The van der Waals surface area contributed by atoms with Crippen molar-refractivity contribution in [3.8, 4) is 0 Å². The molecule has 0 spiro atoms. The van der Waals surface area contributed by atoms with Gasteiger partial charge in [-0.1, -0.05) is 20.3 Å². The van der Waals surface area contributed by atoms with Gasteiger partial charge in [0, 0.05) is 18.5 Å². The molecule has 1 aromatic rings. The van der Waals surface area contributed by atoms with Crippen LogP contribution in [0.15, 0.2) is 5.38 Å². The number of carboxylic acids is 1. The number of aromatic carboxylic acids is 1. The predicted molar refractivity (Wildman–Crippen MR) is 64.9 cm³/mol. The largest absolute Gasteiger partial charge is 0.476 e. The van der Waals surface area contributed by atoms with Crippen LogP contribution in [0.5, 0.6) is 0 Å². The summed E-state index contributed by atoms with van der Waals surface area (Å²) in [5, 5.41) is 10.7. The summed E-state index contributed by atoms with van der Waals surface area (Å²) in [6, 6.07) is 0. The van der Waals surface area contributed by atoms with E-state index in [1.807, 2.05) is 12.4 Å². The van der Waals surface area contributed by atoms with Crippen molar-refractivity contribution < 1.29 is 9.90 Å². The molecule has 1 heterocycles. The molecule has 90 valence electrons. The zero-order valence-electron chi connectivity index (χ0n) is 9.93. The van der Waals surface area contributed by atoms with Gasteiger partial charge in [0.05, 0.1) is 5.69 Å². The van der Waals surface area contributed by atoms with Crippen LogP contribution >= 0.6 is 11.3 Å². The van der Waals surface area contributed by atoms with Crippen LogP contribution in [0.25, 0.3) is 0 Å². The van der Waals surface area contributed by atoms with E-state index in [0.717, 1.165) is 18.7 Å². The fourth-order valence-corrected chi connectivity index (χ4v) is 2.13. The van der Waals surface area contributed by atoms with Crippen LogP contribution in [0.1, 0.15) is 35.8 Å². The van der Waals surface area contributed by atoms with E-state index in [0.29, 0.717) is 12.5 Å². The number of rotatable bonds is 6. The monoisotopic (exact) mass is 242 g/mol. The Kier molecular flexibility index (Phi) is 4.89. The Balaban J connectivity index is 2.49. The maximum absolute atomic E-state index is 10.7. The molecule has 5 heteroatoms. The molecule has 1 aromatic heterocycles. The second kappa shape index (κ2) is 5.96. The third-order valence-electron chi connectivity index (χ3n) is 2.49. The molecule has 0 aromatic carbocycles. The van der Waals surface area contributed by atoms with Crippen molar-refractivity contribution in [2.75, 3.05) is 13.6 Å². The van der Waals surface area contributed by atoms with Crippen LogP contribution in [0, 0.1) is 5.92 Å². The zero-order chi connectivity index (χ0) is 12.1. The van der Waals surface area contributed by atoms with Gasteiger partial charge in [0.1, 0.15) is 0 Å². The molecule has 1 atom stereocenters. The van der Waals surface area contributed by atoms with E-state index >= 15 is 0 Å². The summed E-state index contributed by atoms with van der Waals surface area (Å²) < 4.78 is 0. The molecular formula is C11H18N2O2S. The molecule has 0 aliphatic rings. The maximum Gasteiger partial charge on any atom is 0.365 e. The first kappa shape index (κ1) is 13.1. The lowest BCUT2D eigenvalue weighted by Crippen LogP contribution is -2.23. The molecule has 1 unspecified atom stereocenters. The first-order chi connectivity index (χ1) is 7.52. The Morgan fingerprint density at radius 2 is 2.38 bits per heavy atom. The molecule has 0 saturated heterocycles. The number of carbonyl (C=O) groups is 1. The molecule has 0 radical (unpaired) electrons. The van der Waals surface area contributed by atoms with E-state index in [-0.39, 0.29) is 5.01 Å². The fraction of sp³-hybridized carbons (Fsp3) is 0.636. The van der Waals surface area contributed by atoms with Crippen LogP contribution in [0.2, 0.25) is 0 Å². The van der Waals surface area contributed by atoms with Gasteiger partial charge in [0.15, 0.2) is 0 Å². The number of hydrogen-bond acceptors (Lipinski definition) is 4. The fourth-order valence-electron chi connectivity index (χ4n) is 1.48. The number of hydrogen-bond donors (Lipinski definition) is 1. The van der Waals surface area contributed by atoms with E-state index in [4.69, 9.17) is 5.11 Å². The quantitative estimate of drug-likeness (QED) is 0.831. The van der Waals surface area contributed by atoms with Crippen molar-refractivity contribution in [1.29, 1.82) is 0 Å². The highest BCUT2D eigenvalue weighted by Gasteiger charge is 2.11. The summed E-state index contributed by atoms with van der Waals surface area (Å²) >= 11 is 1.19. The highest BCUT2D eigenvalue weighted by Crippen LogP contribution is 2.12. The van der Waals surface area contributed by atoms with Crippen LogP contribution in [0.3, 0.4) is 0 Å². The Labute approximate surface area is 99.9 Å². The van der Waals surface area contributed by atoms with Gasteiger partial charge in [-0.05, 0) is 13.0 Å². The summed E-state index contributed by atoms with van der Waals surface area (Å²) in [5.41, 5.74) is 0.841. The van der Waals surface area contributed by atoms with Crippen LogP contribution < -0.4 is 0 Å². The minimum Gasteiger partial charge on any atom is -0.476 e. The van der Waals surface area contributed by atoms with Gasteiger partial charge >= 0.3 is 5.97 Å².